The molecule has 0 rings (SSSR count). The Bertz CT molecular complexity index is 59.8. The first kappa shape index (κ1) is 9.28. The van der Waals surface area contributed by atoms with Gasteiger partial charge in [0.15, 0.2) is 0 Å². The molecule has 1 nitrogen and oxygen atoms in total. The van der Waals surface area contributed by atoms with Crippen LogP contribution in [0, 0.1) is 0 Å². The number of allylic oxidation sites excluding steroid dienone is 1. The van der Waals surface area contributed by atoms with Crippen LogP contribution in [0.25, 0.3) is 0 Å². The molecule has 3 heteroatoms. The zero-order valence-corrected chi connectivity index (χ0v) is 5.19. The van der Waals surface area contributed by atoms with E-state index in [1.54, 1.807) is 0 Å². The van der Waals surface area contributed by atoms with E-state index in [0.29, 0.717) is 0 Å². The van der Waals surface area contributed by atoms with Crippen molar-refractivity contribution in [2.75, 3.05) is 0 Å². The van der Waals surface area contributed by atoms with Gasteiger partial charge in [0, 0.05) is 11.0 Å². The third-order valence-corrected chi connectivity index (χ3v) is 0.390. The first-order valence-corrected chi connectivity index (χ1v) is 1.65. The second-order valence-electron chi connectivity index (χ2n) is 0.568. The Morgan fingerprint density at radius 1 is 1.83 bits per heavy atom. The molecule has 29 valence electrons. The molecule has 6 heavy (non-hydrogen) atoms. The van der Waals surface area contributed by atoms with E-state index in [0.717, 1.165) is 0 Å². The van der Waals surface area contributed by atoms with Gasteiger partial charge in [-0.05, 0) is 6.08 Å². The molecule has 0 aromatic rings. The minimum Gasteiger partial charge on any atom is -0.302 e. The zero-order valence-electron chi connectivity index (χ0n) is 3.19. The van der Waals surface area contributed by atoms with E-state index >= 15 is 0 Å². The topological polar surface area (TPSA) is 17.1 Å². The van der Waals surface area contributed by atoms with Crippen LogP contribution in [0.15, 0.2) is 12.7 Å². The molecule has 0 unspecified atom stereocenters. The van der Waals surface area contributed by atoms with Crippen molar-refractivity contribution >= 4 is 26.6 Å². The van der Waals surface area contributed by atoms with Gasteiger partial charge in [0.2, 0.25) is 0 Å². The lowest BCUT2D eigenvalue weighted by atomic mass is 10.7. The summed E-state index contributed by atoms with van der Waals surface area (Å²) >= 11 is 0. The molecule has 0 spiro atoms. The lowest BCUT2D eigenvalue weighted by Crippen LogP contribution is -1.84. The molecular formula is C3H3OSi2. The highest BCUT2D eigenvalue weighted by Gasteiger charge is 1.70. The highest BCUT2D eigenvalue weighted by Crippen LogP contribution is 1.53. The predicted molar refractivity (Wildman–Crippen MR) is 26.7 cm³/mol. The molecule has 0 fully saturated rings. The largest absolute Gasteiger partial charge is 0.302 e. The smallest absolute Gasteiger partial charge is 0.132 e. The fourth-order valence-electron chi connectivity index (χ4n) is 0. The first-order chi connectivity index (χ1) is 2.27. The molecule has 0 aromatic heterocycles. The molecule has 0 aliphatic rings. The van der Waals surface area contributed by atoms with Crippen molar-refractivity contribution in [2.45, 2.75) is 0 Å². The summed E-state index contributed by atoms with van der Waals surface area (Å²) < 4.78 is 0. The van der Waals surface area contributed by atoms with E-state index in [2.05, 4.69) is 16.8 Å². The van der Waals surface area contributed by atoms with E-state index in [9.17, 15) is 4.79 Å². The van der Waals surface area contributed by atoms with Crippen molar-refractivity contribution in [2.24, 2.45) is 0 Å². The molecule has 0 aliphatic carbocycles. The van der Waals surface area contributed by atoms with E-state index < -0.39 is 0 Å². The van der Waals surface area contributed by atoms with Gasteiger partial charge in [-0.1, -0.05) is 6.58 Å². The first-order valence-electron chi connectivity index (χ1n) is 1.15. The molecule has 0 aliphatic heterocycles. The van der Waals surface area contributed by atoms with Gasteiger partial charge in [-0.2, -0.15) is 0 Å². The van der Waals surface area contributed by atoms with Gasteiger partial charge < -0.3 is 4.79 Å². The Labute approximate surface area is 44.9 Å². The van der Waals surface area contributed by atoms with Crippen LogP contribution in [0.4, 0.5) is 0 Å². The van der Waals surface area contributed by atoms with Crippen LogP contribution in [-0.4, -0.2) is 26.6 Å². The molecule has 0 bridgehead atoms. The van der Waals surface area contributed by atoms with Crippen LogP contribution in [0.2, 0.25) is 0 Å². The van der Waals surface area contributed by atoms with Crippen LogP contribution in [-0.2, 0) is 4.79 Å². The average Bonchev–Trinajstić information content (AvgIpc) is 1.38. The molecule has 0 saturated carbocycles. The van der Waals surface area contributed by atoms with Gasteiger partial charge in [0.1, 0.15) is 15.6 Å². The third-order valence-electron chi connectivity index (χ3n) is 0.185. The second-order valence-corrected chi connectivity index (χ2v) is 1.06. The normalized spacial score (nSPS) is 5.50. The summed E-state index contributed by atoms with van der Waals surface area (Å²) in [5.74, 6) is 0. The van der Waals surface area contributed by atoms with Crippen LogP contribution in [0.5, 0.6) is 0 Å². The second kappa shape index (κ2) is 4.84. The Morgan fingerprint density at radius 3 is 2.00 bits per heavy atom. The van der Waals surface area contributed by atoms with E-state index in [1.807, 2.05) is 0 Å². The van der Waals surface area contributed by atoms with Gasteiger partial charge >= 0.3 is 0 Å². The lowest BCUT2D eigenvalue weighted by Gasteiger charge is -1.62. The fourth-order valence-corrected chi connectivity index (χ4v) is 0. The van der Waals surface area contributed by atoms with Gasteiger partial charge in [-0.3, -0.25) is 0 Å². The molecule has 0 aromatic carbocycles. The third kappa shape index (κ3) is 9.14. The fraction of sp³-hybridized carbons (Fsp3) is 0. The standard InChI is InChI=1S/C3H3OSi.Si/c1-2-3(4)5;/h2H,1H2;. The van der Waals surface area contributed by atoms with Crippen LogP contribution < -0.4 is 0 Å². The van der Waals surface area contributed by atoms with Crippen molar-refractivity contribution in [3.8, 4) is 0 Å². The molecule has 0 N–H and O–H groups in total. The van der Waals surface area contributed by atoms with Crippen molar-refractivity contribution in [3.63, 3.8) is 0 Å². The number of hydrogen-bond donors (Lipinski definition) is 0. The summed E-state index contributed by atoms with van der Waals surface area (Å²) in [6.45, 7) is 3.16. The number of hydrogen-bond acceptors (Lipinski definition) is 1. The lowest BCUT2D eigenvalue weighted by molar-refractivity contribution is -0.107. The van der Waals surface area contributed by atoms with Gasteiger partial charge in [-0.15, -0.1) is 0 Å². The maximum atomic E-state index is 9.61. The Hall–Kier alpha value is -0.156. The van der Waals surface area contributed by atoms with E-state index in [4.69, 9.17) is 0 Å². The minimum absolute atomic E-state index is 0. The average molecular weight is 111 g/mol. The summed E-state index contributed by atoms with van der Waals surface area (Å²) in [4.78, 5) is 9.61. The molecule has 0 amide bonds. The highest BCUT2D eigenvalue weighted by molar-refractivity contribution is 6.60. The Kier molecular flexibility index (Phi) is 7.49. The van der Waals surface area contributed by atoms with Crippen LogP contribution >= 0.6 is 0 Å². The van der Waals surface area contributed by atoms with Crippen molar-refractivity contribution in [3.05, 3.63) is 12.7 Å². The van der Waals surface area contributed by atoms with Crippen molar-refractivity contribution < 1.29 is 4.79 Å². The monoisotopic (exact) mass is 111 g/mol. The number of rotatable bonds is 1. The quantitative estimate of drug-likeness (QED) is 0.329. The highest BCUT2D eigenvalue weighted by atomic mass is 28.1. The number of carbonyl (C=O) groups is 1. The summed E-state index contributed by atoms with van der Waals surface area (Å²) in [5.41, 5.74) is 0. The SMILES string of the molecule is C=CC(=O)[Si].[Si]. The maximum Gasteiger partial charge on any atom is 0.132 e. The summed E-state index contributed by atoms with van der Waals surface area (Å²) in [7, 11) is 2.66. The van der Waals surface area contributed by atoms with Crippen molar-refractivity contribution in [1.29, 1.82) is 0 Å². The summed E-state index contributed by atoms with van der Waals surface area (Å²) in [5, 5.41) is -0.176. The molecule has 7 radical (unpaired) electrons. The Balaban J connectivity index is 0. The molecule has 0 saturated heterocycles. The minimum atomic E-state index is -0.176. The summed E-state index contributed by atoms with van der Waals surface area (Å²) in [6.07, 6.45) is 1.19. The molecular weight excluding hydrogens is 108 g/mol. The van der Waals surface area contributed by atoms with E-state index in [1.165, 1.54) is 6.08 Å². The van der Waals surface area contributed by atoms with Gasteiger partial charge in [-0.25, -0.2) is 0 Å². The molecule has 0 atom stereocenters. The molecule has 0 heterocycles. The zero-order chi connectivity index (χ0) is 4.28. The van der Waals surface area contributed by atoms with Gasteiger partial charge in [0.25, 0.3) is 0 Å². The Morgan fingerprint density at radius 2 is 2.00 bits per heavy atom. The van der Waals surface area contributed by atoms with Gasteiger partial charge in [0.05, 0.1) is 0 Å². The van der Waals surface area contributed by atoms with Crippen LogP contribution in [0.3, 0.4) is 0 Å². The maximum absolute atomic E-state index is 9.61. The number of carbonyl (C=O) groups excluding carboxylic acids is 1. The summed E-state index contributed by atoms with van der Waals surface area (Å²) in [6, 6.07) is 0. The van der Waals surface area contributed by atoms with Crippen LogP contribution in [0.1, 0.15) is 0 Å². The predicted octanol–water partition coefficient (Wildman–Crippen LogP) is -0.513. The van der Waals surface area contributed by atoms with E-state index in [-0.39, 0.29) is 16.4 Å². The van der Waals surface area contributed by atoms with Crippen molar-refractivity contribution in [1.82, 2.24) is 0 Å².